The number of esters is 1. The van der Waals surface area contributed by atoms with Crippen LogP contribution in [-0.2, 0) is 32.5 Å². The van der Waals surface area contributed by atoms with Gasteiger partial charge in [0.25, 0.3) is 10.0 Å². The lowest BCUT2D eigenvalue weighted by Crippen LogP contribution is -2.40. The third-order valence-electron chi connectivity index (χ3n) is 5.85. The molecule has 204 valence electrons. The highest BCUT2D eigenvalue weighted by Gasteiger charge is 2.26. The first-order chi connectivity index (χ1) is 17.0. The molecule has 0 aliphatic rings. The van der Waals surface area contributed by atoms with Gasteiger partial charge in [0.15, 0.2) is 5.11 Å². The molecule has 2 rings (SSSR count). The van der Waals surface area contributed by atoms with Crippen molar-refractivity contribution in [3.05, 3.63) is 64.5 Å². The third kappa shape index (κ3) is 8.94. The maximum absolute atomic E-state index is 14.6. The van der Waals surface area contributed by atoms with Crippen molar-refractivity contribution in [2.75, 3.05) is 23.9 Å². The maximum atomic E-state index is 14.6. The highest BCUT2D eigenvalue weighted by atomic mass is 32.2. The number of rotatable bonds is 10. The molecule has 0 radical (unpaired) electrons. The Labute approximate surface area is 224 Å². The number of thiocarbonyl (C=S) groups is 1. The fourth-order valence-corrected chi connectivity index (χ4v) is 4.24. The summed E-state index contributed by atoms with van der Waals surface area (Å²) in [6, 6.07) is 9.93. The van der Waals surface area contributed by atoms with Crippen molar-refractivity contribution in [2.24, 2.45) is 17.1 Å². The quantitative estimate of drug-likeness (QED) is 0.257. The number of aryl methyl sites for hydroxylation is 2. The van der Waals surface area contributed by atoms with Crippen LogP contribution in [0.1, 0.15) is 43.0 Å². The molecule has 8 nitrogen and oxygen atoms in total. The topological polar surface area (TPSA) is 113 Å². The maximum Gasteiger partial charge on any atom is 0.311 e. The molecular formula is C26H36FN3O5S2. The first-order valence-electron chi connectivity index (χ1n) is 11.7. The van der Waals surface area contributed by atoms with Crippen LogP contribution in [0.25, 0.3) is 0 Å². The fourth-order valence-electron chi connectivity index (χ4n) is 3.60. The number of nitrogens with two attached hydrogens (primary N) is 1. The van der Waals surface area contributed by atoms with E-state index >= 15 is 0 Å². The summed E-state index contributed by atoms with van der Waals surface area (Å²) in [5.74, 6) is -1.41. The summed E-state index contributed by atoms with van der Waals surface area (Å²) in [4.78, 5) is 14.1. The zero-order valence-corrected chi connectivity index (χ0v) is 23.7. The van der Waals surface area contributed by atoms with Crippen LogP contribution < -0.4 is 10.2 Å². The predicted molar refractivity (Wildman–Crippen MR) is 146 cm³/mol. The van der Waals surface area contributed by atoms with Gasteiger partial charge in [0.1, 0.15) is 11.5 Å². The minimum absolute atomic E-state index is 0.0802. The molecule has 0 saturated carbocycles. The SMILES string of the molecule is Cc1ccc(CC(COC(=O)C(C)(C)C)CN(Cc2ccc(N(O)S(C)(=O)=O)c(F)c2)C(N)=S)cc1C. The first kappa shape index (κ1) is 30.5. The number of hydrogen-bond donors (Lipinski definition) is 2. The number of carbonyl (C=O) groups excluding carboxylic acids is 1. The molecule has 3 N–H and O–H groups in total. The molecule has 0 aliphatic carbocycles. The van der Waals surface area contributed by atoms with Gasteiger partial charge in [-0.05, 0) is 87.6 Å². The van der Waals surface area contributed by atoms with Crippen molar-refractivity contribution >= 4 is 39.0 Å². The van der Waals surface area contributed by atoms with Crippen molar-refractivity contribution in [1.82, 2.24) is 4.90 Å². The molecular weight excluding hydrogens is 517 g/mol. The van der Waals surface area contributed by atoms with E-state index in [-0.39, 0.29) is 34.6 Å². The lowest BCUT2D eigenvalue weighted by molar-refractivity contribution is -0.154. The molecule has 2 aromatic rings. The van der Waals surface area contributed by atoms with Crippen molar-refractivity contribution in [3.63, 3.8) is 0 Å². The number of ether oxygens (including phenoxy) is 1. The lowest BCUT2D eigenvalue weighted by Gasteiger charge is -2.29. The Morgan fingerprint density at radius 3 is 2.27 bits per heavy atom. The van der Waals surface area contributed by atoms with Crippen LogP contribution in [0.2, 0.25) is 0 Å². The van der Waals surface area contributed by atoms with Gasteiger partial charge >= 0.3 is 5.97 Å². The Balaban J connectivity index is 2.27. The molecule has 37 heavy (non-hydrogen) atoms. The Hall–Kier alpha value is -2.76. The number of hydrogen-bond acceptors (Lipinski definition) is 6. The van der Waals surface area contributed by atoms with Gasteiger partial charge in [0, 0.05) is 19.0 Å². The van der Waals surface area contributed by atoms with E-state index in [0.29, 0.717) is 18.5 Å². The summed E-state index contributed by atoms with van der Waals surface area (Å²) in [7, 11) is -4.05. The molecule has 11 heteroatoms. The number of anilines is 1. The lowest BCUT2D eigenvalue weighted by atomic mass is 9.95. The van der Waals surface area contributed by atoms with E-state index in [0.717, 1.165) is 23.4 Å². The third-order valence-corrected chi connectivity index (χ3v) is 6.94. The van der Waals surface area contributed by atoms with Gasteiger partial charge in [-0.1, -0.05) is 24.3 Å². The van der Waals surface area contributed by atoms with E-state index in [1.807, 2.05) is 26.0 Å². The van der Waals surface area contributed by atoms with Crippen molar-refractivity contribution in [2.45, 2.75) is 47.6 Å². The van der Waals surface area contributed by atoms with E-state index in [1.165, 1.54) is 17.7 Å². The minimum atomic E-state index is -4.05. The van der Waals surface area contributed by atoms with Crippen LogP contribution in [0, 0.1) is 31.0 Å². The number of halogens is 1. The molecule has 0 aromatic heterocycles. The molecule has 0 heterocycles. The second-order valence-electron chi connectivity index (χ2n) is 10.3. The van der Waals surface area contributed by atoms with E-state index < -0.39 is 26.9 Å². The fraction of sp³-hybridized carbons (Fsp3) is 0.462. The largest absolute Gasteiger partial charge is 0.465 e. The number of nitrogens with zero attached hydrogens (tertiary/aromatic N) is 2. The number of sulfonamides is 1. The summed E-state index contributed by atoms with van der Waals surface area (Å²) < 4.78 is 43.2. The van der Waals surface area contributed by atoms with Gasteiger partial charge in [-0.2, -0.15) is 0 Å². The normalized spacial score (nSPS) is 12.6. The molecule has 0 saturated heterocycles. The minimum Gasteiger partial charge on any atom is -0.465 e. The molecule has 1 atom stereocenters. The van der Waals surface area contributed by atoms with Crippen LogP contribution in [0.5, 0.6) is 0 Å². The average Bonchev–Trinajstić information content (AvgIpc) is 2.77. The van der Waals surface area contributed by atoms with Crippen LogP contribution in [0.3, 0.4) is 0 Å². The molecule has 0 spiro atoms. The van der Waals surface area contributed by atoms with Crippen LogP contribution >= 0.6 is 12.2 Å². The van der Waals surface area contributed by atoms with Gasteiger partial charge in [-0.25, -0.2) is 12.8 Å². The van der Waals surface area contributed by atoms with Gasteiger partial charge in [0.2, 0.25) is 0 Å². The van der Waals surface area contributed by atoms with E-state index in [2.05, 4.69) is 6.07 Å². The summed E-state index contributed by atoms with van der Waals surface area (Å²) in [5, 5.41) is 9.85. The molecule has 0 bridgehead atoms. The molecule has 2 aromatic carbocycles. The average molecular weight is 554 g/mol. The summed E-state index contributed by atoms with van der Waals surface area (Å²) in [6.07, 6.45) is 1.36. The van der Waals surface area contributed by atoms with Gasteiger partial charge in [-0.3, -0.25) is 10.0 Å². The van der Waals surface area contributed by atoms with Crippen molar-refractivity contribution in [3.8, 4) is 0 Å². The highest BCUT2D eigenvalue weighted by molar-refractivity contribution is 7.91. The molecule has 0 aliphatic heterocycles. The highest BCUT2D eigenvalue weighted by Crippen LogP contribution is 2.23. The second-order valence-corrected chi connectivity index (χ2v) is 12.6. The van der Waals surface area contributed by atoms with E-state index in [1.54, 1.807) is 25.7 Å². The van der Waals surface area contributed by atoms with E-state index in [4.69, 9.17) is 22.7 Å². The van der Waals surface area contributed by atoms with Gasteiger partial charge < -0.3 is 15.4 Å². The van der Waals surface area contributed by atoms with E-state index in [9.17, 15) is 22.8 Å². The van der Waals surface area contributed by atoms with Crippen LogP contribution in [0.15, 0.2) is 36.4 Å². The predicted octanol–water partition coefficient (Wildman–Crippen LogP) is 4.09. The van der Waals surface area contributed by atoms with Crippen molar-refractivity contribution in [1.29, 1.82) is 0 Å². The monoisotopic (exact) mass is 553 g/mol. The van der Waals surface area contributed by atoms with Gasteiger partial charge in [0.05, 0.1) is 18.3 Å². The zero-order chi connectivity index (χ0) is 28.1. The molecule has 0 fully saturated rings. The van der Waals surface area contributed by atoms with Crippen molar-refractivity contribution < 1.29 is 27.5 Å². The second kappa shape index (κ2) is 12.2. The smallest absolute Gasteiger partial charge is 0.311 e. The summed E-state index contributed by atoms with van der Waals surface area (Å²) in [6.45, 7) is 10.0. The Bertz CT molecular complexity index is 1250. The van der Waals surface area contributed by atoms with Gasteiger partial charge in [-0.15, -0.1) is 4.47 Å². The standard InChI is InChI=1S/C26H36FN3O5S2/c1-17-7-8-19(11-18(17)2)12-21(16-35-24(31)26(3,4)5)15-29(25(28)36)14-20-9-10-23(22(27)13-20)30(32)37(6,33)34/h7-11,13,21,32H,12,14-16H2,1-6H3,(H2,28,36). The Morgan fingerprint density at radius 2 is 1.76 bits per heavy atom. The Kier molecular flexibility index (Phi) is 10.0. The summed E-state index contributed by atoms with van der Waals surface area (Å²) >= 11 is 5.26. The number of carbonyl (C=O) groups is 1. The van der Waals surface area contributed by atoms with Crippen LogP contribution in [0.4, 0.5) is 10.1 Å². The zero-order valence-electron chi connectivity index (χ0n) is 22.1. The van der Waals surface area contributed by atoms with Crippen LogP contribution in [-0.4, -0.2) is 49.0 Å². The molecule has 1 unspecified atom stereocenters. The molecule has 0 amide bonds. The first-order valence-corrected chi connectivity index (χ1v) is 14.0. The number of benzene rings is 2. The Morgan fingerprint density at radius 1 is 1.14 bits per heavy atom. The summed E-state index contributed by atoms with van der Waals surface area (Å²) in [5.41, 5.74) is 8.71.